The Morgan fingerprint density at radius 3 is 2.15 bits per heavy atom. The third-order valence-corrected chi connectivity index (χ3v) is 16.4. The zero-order chi connectivity index (χ0) is 37.9. The van der Waals surface area contributed by atoms with Gasteiger partial charge in [0.05, 0.1) is 21.0 Å². The van der Waals surface area contributed by atoms with Crippen LogP contribution in [0.2, 0.25) is 0 Å². The number of benzene rings is 1. The Morgan fingerprint density at radius 2 is 1.55 bits per heavy atom. The van der Waals surface area contributed by atoms with E-state index in [2.05, 4.69) is 6.07 Å². The van der Waals surface area contributed by atoms with Crippen LogP contribution in [-0.4, -0.2) is 39.8 Å². The van der Waals surface area contributed by atoms with Gasteiger partial charge in [0.2, 0.25) is 10.0 Å². The number of nitrogens with zero attached hydrogens (tertiary/aromatic N) is 2. The molecule has 0 N–H and O–H groups in total. The average Bonchev–Trinajstić information content (AvgIpc) is 3.81. The fourth-order valence-electron chi connectivity index (χ4n) is 9.19. The van der Waals surface area contributed by atoms with Gasteiger partial charge in [-0.2, -0.15) is 17.5 Å². The number of pyridine rings is 1. The summed E-state index contributed by atoms with van der Waals surface area (Å²) >= 11 is 7.58. The van der Waals surface area contributed by atoms with Gasteiger partial charge in [0, 0.05) is 30.1 Å². The highest BCUT2D eigenvalue weighted by molar-refractivity contribution is 8.19. The third-order valence-electron chi connectivity index (χ3n) is 12.3. The highest BCUT2D eigenvalue weighted by atomic mass is 35.5. The van der Waals surface area contributed by atoms with Crippen molar-refractivity contribution in [2.45, 2.75) is 158 Å². The number of aryl methyl sites for hydroxylation is 1. The second-order valence-electron chi connectivity index (χ2n) is 16.2. The minimum Gasteiger partial charge on any atom is -0.298 e. The zero-order valence-corrected chi connectivity index (χ0v) is 33.8. The highest BCUT2D eigenvalue weighted by Crippen LogP contribution is 2.52. The molecule has 0 amide bonds. The van der Waals surface area contributed by atoms with Crippen molar-refractivity contribution in [1.29, 1.82) is 0 Å². The molecule has 0 spiro atoms. The molecule has 2 heterocycles. The summed E-state index contributed by atoms with van der Waals surface area (Å²) in [5, 5.41) is 0. The molecule has 3 saturated carbocycles. The number of Topliss-reactive ketones (excluding diaryl/α,β-unsaturated/α-hetero) is 1. The van der Waals surface area contributed by atoms with Crippen LogP contribution in [0.25, 0.3) is 11.3 Å². The van der Waals surface area contributed by atoms with E-state index in [4.69, 9.17) is 16.6 Å². The van der Waals surface area contributed by atoms with Crippen molar-refractivity contribution in [1.82, 2.24) is 9.29 Å². The smallest absolute Gasteiger partial charge is 0.298 e. The quantitative estimate of drug-likeness (QED) is 0.149. The van der Waals surface area contributed by atoms with Crippen LogP contribution in [0, 0.1) is 11.8 Å². The van der Waals surface area contributed by atoms with Gasteiger partial charge in [-0.25, -0.2) is 8.42 Å². The molecule has 11 heteroatoms. The van der Waals surface area contributed by atoms with Gasteiger partial charge in [0.1, 0.15) is 4.24 Å². The number of unbranched alkanes of at least 4 members (excludes halogenated alkanes) is 1. The fraction of sp³-hybridized carbons (Fsp3) is 0.667. The SMILES string of the molecule is CCN(C1(C(=O)CCCCc2cc(-c3ccc(C(F)(F)F)cc3)nc(C3CCCCC(C4CCCCC4)CCC3)c2)CC1)S(=O)(=O)C1=CCC(C)(Cl)S1. The number of aromatic nitrogens is 1. The third kappa shape index (κ3) is 9.93. The van der Waals surface area contributed by atoms with Gasteiger partial charge in [-0.05, 0) is 100.0 Å². The number of halogens is 4. The van der Waals surface area contributed by atoms with Crippen LogP contribution in [0.5, 0.6) is 0 Å². The van der Waals surface area contributed by atoms with Gasteiger partial charge in [0.25, 0.3) is 0 Å². The number of sulfonamides is 1. The minimum absolute atomic E-state index is 0.0295. The summed E-state index contributed by atoms with van der Waals surface area (Å²) in [6.45, 7) is 3.81. The number of thioether (sulfide) groups is 1. The van der Waals surface area contributed by atoms with Crippen LogP contribution in [0.4, 0.5) is 13.2 Å². The molecule has 53 heavy (non-hydrogen) atoms. The monoisotopic (exact) mass is 792 g/mol. The summed E-state index contributed by atoms with van der Waals surface area (Å²) in [5.74, 6) is 1.96. The van der Waals surface area contributed by atoms with Gasteiger partial charge in [-0.1, -0.05) is 101 Å². The van der Waals surface area contributed by atoms with Crippen LogP contribution in [0.3, 0.4) is 0 Å². The van der Waals surface area contributed by atoms with Crippen molar-refractivity contribution < 1.29 is 26.4 Å². The molecule has 6 rings (SSSR count). The molecule has 3 aliphatic carbocycles. The molecule has 1 aromatic heterocycles. The van der Waals surface area contributed by atoms with Gasteiger partial charge in [-0.3, -0.25) is 9.78 Å². The highest BCUT2D eigenvalue weighted by Gasteiger charge is 2.58. The lowest BCUT2D eigenvalue weighted by atomic mass is 9.76. The van der Waals surface area contributed by atoms with Crippen LogP contribution < -0.4 is 0 Å². The molecule has 5 nitrogen and oxygen atoms in total. The van der Waals surface area contributed by atoms with E-state index >= 15 is 0 Å². The maximum atomic E-state index is 13.7. The van der Waals surface area contributed by atoms with E-state index in [1.807, 2.05) is 6.07 Å². The van der Waals surface area contributed by atoms with Gasteiger partial charge < -0.3 is 0 Å². The van der Waals surface area contributed by atoms with Gasteiger partial charge >= 0.3 is 6.18 Å². The fourth-order valence-corrected chi connectivity index (χ4v) is 13.2. The van der Waals surface area contributed by atoms with Crippen molar-refractivity contribution in [3.05, 3.63) is 63.5 Å². The van der Waals surface area contributed by atoms with Crippen molar-refractivity contribution >= 4 is 39.2 Å². The summed E-state index contributed by atoms with van der Waals surface area (Å²) in [6, 6.07) is 9.49. The Hall–Kier alpha value is -1.88. The first kappa shape index (κ1) is 40.8. The van der Waals surface area contributed by atoms with E-state index in [1.54, 1.807) is 19.9 Å². The van der Waals surface area contributed by atoms with Crippen molar-refractivity contribution in [3.63, 3.8) is 0 Å². The van der Waals surface area contributed by atoms with E-state index in [0.29, 0.717) is 55.7 Å². The standard InChI is InChI=1S/C42H56ClF3N2O3S2/c1-3-48(53(50,51)39-24-25-40(2,43)52-39)41(26-27-41)38(49)19-10-7-12-30-28-36(47-37(29-30)34-20-22-35(23-21-34)42(44,45)46)33-16-9-8-15-32(17-11-18-33)31-13-5-4-6-14-31/h20-24,28-29,31-33H,3-19,25-27H2,1-2H3. The van der Waals surface area contributed by atoms with Crippen molar-refractivity contribution in [2.24, 2.45) is 11.8 Å². The topological polar surface area (TPSA) is 67.3 Å². The largest absolute Gasteiger partial charge is 0.416 e. The minimum atomic E-state index is -4.40. The number of hydrogen-bond donors (Lipinski definition) is 0. The lowest BCUT2D eigenvalue weighted by molar-refractivity contribution is -0.137. The molecule has 4 aliphatic rings. The average molecular weight is 794 g/mol. The molecule has 0 saturated heterocycles. The van der Waals surface area contributed by atoms with Crippen LogP contribution in [-0.2, 0) is 27.4 Å². The number of carbonyl (C=O) groups is 1. The number of likely N-dealkylation sites (N-methyl/N-ethyl adjacent to an activating group) is 1. The van der Waals surface area contributed by atoms with E-state index < -0.39 is 31.5 Å². The lowest BCUT2D eigenvalue weighted by Crippen LogP contribution is -2.47. The normalized spacial score (nSPS) is 25.8. The van der Waals surface area contributed by atoms with Crippen molar-refractivity contribution in [2.75, 3.05) is 6.54 Å². The molecule has 1 aliphatic heterocycles. The molecule has 292 valence electrons. The Labute approximate surface area is 324 Å². The molecule has 2 aromatic rings. The number of rotatable bonds is 13. The molecule has 0 radical (unpaired) electrons. The summed E-state index contributed by atoms with van der Waals surface area (Å²) < 4.78 is 68.4. The second-order valence-corrected chi connectivity index (χ2v) is 20.9. The predicted octanol–water partition coefficient (Wildman–Crippen LogP) is 12.2. The summed E-state index contributed by atoms with van der Waals surface area (Å²) in [4.78, 5) is 18.8. The predicted molar refractivity (Wildman–Crippen MR) is 210 cm³/mol. The van der Waals surface area contributed by atoms with Gasteiger partial charge in [-0.15, -0.1) is 11.6 Å². The summed E-state index contributed by atoms with van der Waals surface area (Å²) in [5.41, 5.74) is 1.80. The number of hydrogen-bond acceptors (Lipinski definition) is 5. The Morgan fingerprint density at radius 1 is 0.925 bits per heavy atom. The molecular weight excluding hydrogens is 737 g/mol. The molecule has 0 bridgehead atoms. The maximum absolute atomic E-state index is 13.7. The summed E-state index contributed by atoms with van der Waals surface area (Å²) in [6.07, 6.45) is 16.3. The first-order valence-electron chi connectivity index (χ1n) is 20.0. The van der Waals surface area contributed by atoms with Crippen LogP contribution in [0.1, 0.15) is 152 Å². The van der Waals surface area contributed by atoms with E-state index in [1.165, 1.54) is 74.2 Å². The first-order valence-corrected chi connectivity index (χ1v) is 22.7. The zero-order valence-electron chi connectivity index (χ0n) is 31.4. The summed E-state index contributed by atoms with van der Waals surface area (Å²) in [7, 11) is -3.83. The molecule has 3 fully saturated rings. The maximum Gasteiger partial charge on any atom is 0.416 e. The Kier molecular flexibility index (Phi) is 13.1. The van der Waals surface area contributed by atoms with Crippen molar-refractivity contribution in [3.8, 4) is 11.3 Å². The van der Waals surface area contributed by atoms with Crippen LogP contribution >= 0.6 is 23.4 Å². The van der Waals surface area contributed by atoms with Gasteiger partial charge in [0.15, 0.2) is 5.78 Å². The van der Waals surface area contributed by atoms with E-state index in [-0.39, 0.29) is 16.6 Å². The number of ketones is 1. The molecule has 3 atom stereocenters. The lowest BCUT2D eigenvalue weighted by Gasteiger charge is -2.30. The molecule has 1 aromatic carbocycles. The number of alkyl halides is 4. The Bertz CT molecular complexity index is 1720. The first-order chi connectivity index (χ1) is 25.2. The number of allylic oxidation sites excluding steroid dienone is 1. The Balaban J connectivity index is 1.14. The second kappa shape index (κ2) is 17.1. The molecule has 3 unspecified atom stereocenters. The van der Waals surface area contributed by atoms with E-state index in [9.17, 15) is 26.4 Å². The number of carbonyl (C=O) groups excluding carboxylic acids is 1. The van der Waals surface area contributed by atoms with Crippen LogP contribution in [0.15, 0.2) is 46.7 Å². The molecular formula is C42H56ClF3N2O3S2. The van der Waals surface area contributed by atoms with E-state index in [0.717, 1.165) is 72.7 Å².